The van der Waals surface area contributed by atoms with Gasteiger partial charge in [0.25, 0.3) is 0 Å². The van der Waals surface area contributed by atoms with E-state index < -0.39 is 0 Å². The number of benzene rings is 6. The van der Waals surface area contributed by atoms with Crippen molar-refractivity contribution in [3.63, 3.8) is 0 Å². The lowest BCUT2D eigenvalue weighted by molar-refractivity contribution is 0.00329. The monoisotopic (exact) mass is 1120 g/mol. The lowest BCUT2D eigenvalue weighted by atomic mass is 10.1. The molecule has 18 heteroatoms. The van der Waals surface area contributed by atoms with Crippen molar-refractivity contribution >= 4 is 46.8 Å². The molecule has 78 heavy (non-hydrogen) atoms. The molecular formula is C60H76O16S2. The van der Waals surface area contributed by atoms with E-state index in [2.05, 4.69) is 0 Å². The normalized spacial score (nSPS) is 18.3. The van der Waals surface area contributed by atoms with Crippen LogP contribution >= 0.6 is 25.3 Å². The van der Waals surface area contributed by atoms with Crippen molar-refractivity contribution in [2.45, 2.75) is 36.2 Å². The van der Waals surface area contributed by atoms with Crippen molar-refractivity contribution in [1.29, 1.82) is 0 Å². The third-order valence-electron chi connectivity index (χ3n) is 12.0. The highest BCUT2D eigenvalue weighted by atomic mass is 32.1. The van der Waals surface area contributed by atoms with Crippen molar-refractivity contribution in [3.8, 4) is 23.0 Å². The van der Waals surface area contributed by atoms with E-state index in [0.29, 0.717) is 208 Å². The molecule has 1 aliphatic heterocycles. The maximum atomic E-state index is 6.13. The summed E-state index contributed by atoms with van der Waals surface area (Å²) in [5.74, 6) is 2.57. The summed E-state index contributed by atoms with van der Waals surface area (Å²) >= 11 is 9.54. The van der Waals surface area contributed by atoms with Crippen molar-refractivity contribution in [2.75, 3.05) is 159 Å². The van der Waals surface area contributed by atoms with E-state index in [0.717, 1.165) is 53.6 Å². The van der Waals surface area contributed by atoms with Crippen molar-refractivity contribution in [1.82, 2.24) is 0 Å². The summed E-state index contributed by atoms with van der Waals surface area (Å²) in [7, 11) is 0. The molecule has 0 fully saturated rings. The van der Waals surface area contributed by atoms with Crippen LogP contribution in [-0.4, -0.2) is 159 Å². The Labute approximate surface area is 469 Å². The average Bonchev–Trinajstić information content (AvgIpc) is 3.51. The summed E-state index contributed by atoms with van der Waals surface area (Å²) in [5, 5.41) is 4.21. The van der Waals surface area contributed by atoms with E-state index in [1.54, 1.807) is 0 Å². The van der Waals surface area contributed by atoms with Gasteiger partial charge in [0, 0.05) is 9.79 Å². The molecule has 6 aromatic carbocycles. The van der Waals surface area contributed by atoms with Gasteiger partial charge in [-0.15, -0.1) is 25.3 Å². The molecule has 0 unspecified atom stereocenters. The van der Waals surface area contributed by atoms with E-state index in [-0.39, 0.29) is 0 Å². The van der Waals surface area contributed by atoms with Gasteiger partial charge in [-0.1, -0.05) is 84.9 Å². The first-order chi connectivity index (χ1) is 38.6. The number of hydrogen-bond acceptors (Lipinski definition) is 18. The van der Waals surface area contributed by atoms with E-state index in [1.807, 2.05) is 109 Å². The minimum absolute atomic E-state index is 0.349. The zero-order valence-corrected chi connectivity index (χ0v) is 46.4. The van der Waals surface area contributed by atoms with Crippen LogP contribution in [0.25, 0.3) is 21.5 Å². The van der Waals surface area contributed by atoms with Crippen LogP contribution in [0.15, 0.2) is 119 Å². The molecule has 424 valence electrons. The summed E-state index contributed by atoms with van der Waals surface area (Å²) in [4.78, 5) is 1.69. The molecule has 0 aliphatic carbocycles. The maximum Gasteiger partial charge on any atom is 0.161 e. The first kappa shape index (κ1) is 60.9. The molecule has 0 saturated heterocycles. The SMILES string of the molecule is Sc1c2cccc1COCCOCCOCCOc1cc3ccccc3cc1OCCOCCOCCOCc1cccc(c1S)COCCOCCOCCOc1cc3ccccc3cc1OCCOCCOCCOC2. The molecule has 16 nitrogen and oxygen atoms in total. The Morgan fingerprint density at radius 2 is 0.410 bits per heavy atom. The summed E-state index contributed by atoms with van der Waals surface area (Å²) in [6.45, 7) is 11.5. The molecule has 0 aromatic heterocycles. The molecule has 0 radical (unpaired) electrons. The van der Waals surface area contributed by atoms with Gasteiger partial charge in [-0.3, -0.25) is 0 Å². The van der Waals surface area contributed by atoms with Gasteiger partial charge in [-0.25, -0.2) is 0 Å². The largest absolute Gasteiger partial charge is 0.487 e. The molecule has 7 rings (SSSR count). The quantitative estimate of drug-likeness (QED) is 0.139. The summed E-state index contributed by atoms with van der Waals surface area (Å²) in [6, 6.07) is 36.1. The standard InChI is InChI=1S/C60H76O16S2/c77-59-51-11-5-13-53(59)45-71-29-25-63-17-21-67-33-37-75-57-41-49-9-3-4-10-50(49)42-58(57)76-38-34-68-22-18-64-26-30-72-46-54-14-6-12-52(60(54)78)44-70-28-24-62-16-20-66-32-36-74-56-40-48-8-2-1-7-47(48)39-55(56)73-35-31-65-19-15-61-23-27-69-43-51/h1-14,39-42,77-78H,15-38,43-46H2. The minimum atomic E-state index is 0.349. The van der Waals surface area contributed by atoms with Gasteiger partial charge >= 0.3 is 0 Å². The number of rotatable bonds is 0. The fourth-order valence-corrected chi connectivity index (χ4v) is 8.49. The Hall–Kier alpha value is -4.74. The van der Waals surface area contributed by atoms with Crippen molar-refractivity contribution in [3.05, 3.63) is 131 Å². The van der Waals surface area contributed by atoms with Gasteiger partial charge in [0.05, 0.1) is 159 Å². The topological polar surface area (TPSA) is 148 Å². The number of thiol groups is 2. The minimum Gasteiger partial charge on any atom is -0.487 e. The van der Waals surface area contributed by atoms with Gasteiger partial charge in [0.2, 0.25) is 0 Å². The molecule has 4 bridgehead atoms. The maximum absolute atomic E-state index is 6.13. The Balaban J connectivity index is 0.823. The van der Waals surface area contributed by atoms with Gasteiger partial charge in [0.15, 0.2) is 23.0 Å². The second kappa shape index (κ2) is 37.2. The Morgan fingerprint density at radius 3 is 0.628 bits per heavy atom. The Kier molecular flexibility index (Phi) is 29.1. The molecule has 0 N–H and O–H groups in total. The first-order valence-electron chi connectivity index (χ1n) is 26.7. The molecule has 0 saturated carbocycles. The van der Waals surface area contributed by atoms with Crippen LogP contribution in [0.4, 0.5) is 0 Å². The number of hydrogen-bond donors (Lipinski definition) is 2. The fourth-order valence-electron chi connectivity index (χ4n) is 7.93. The third-order valence-corrected chi connectivity index (χ3v) is 13.1. The van der Waals surface area contributed by atoms with E-state index >= 15 is 0 Å². The molecule has 1 aliphatic rings. The van der Waals surface area contributed by atoms with Crippen LogP contribution < -0.4 is 18.9 Å². The molecular weight excluding hydrogens is 1040 g/mol. The van der Waals surface area contributed by atoms with Gasteiger partial charge < -0.3 is 75.8 Å². The van der Waals surface area contributed by atoms with E-state index in [4.69, 9.17) is 101 Å². The number of ether oxygens (including phenoxy) is 16. The van der Waals surface area contributed by atoms with Crippen LogP contribution in [0.2, 0.25) is 0 Å². The van der Waals surface area contributed by atoms with Crippen LogP contribution in [0, 0.1) is 0 Å². The van der Waals surface area contributed by atoms with Gasteiger partial charge in [-0.05, 0) is 68.1 Å². The molecule has 0 spiro atoms. The highest BCUT2D eigenvalue weighted by molar-refractivity contribution is 7.80. The predicted octanol–water partition coefficient (Wildman–Crippen LogP) is 9.40. The van der Waals surface area contributed by atoms with Crippen LogP contribution in [0.1, 0.15) is 22.3 Å². The van der Waals surface area contributed by atoms with Crippen LogP contribution in [-0.2, 0) is 83.3 Å². The van der Waals surface area contributed by atoms with E-state index in [9.17, 15) is 0 Å². The zero-order valence-electron chi connectivity index (χ0n) is 44.6. The second-order valence-corrected chi connectivity index (χ2v) is 18.5. The van der Waals surface area contributed by atoms with Gasteiger partial charge in [0.1, 0.15) is 26.4 Å². The Bertz CT molecular complexity index is 2260. The smallest absolute Gasteiger partial charge is 0.161 e. The molecule has 1 heterocycles. The lowest BCUT2D eigenvalue weighted by Crippen LogP contribution is -2.14. The predicted molar refractivity (Wildman–Crippen MR) is 302 cm³/mol. The zero-order chi connectivity index (χ0) is 53.9. The summed E-state index contributed by atoms with van der Waals surface area (Å²) in [6.07, 6.45) is 0. The summed E-state index contributed by atoms with van der Waals surface area (Å²) < 4.78 is 94.3. The highest BCUT2D eigenvalue weighted by Crippen LogP contribution is 2.34. The van der Waals surface area contributed by atoms with Crippen LogP contribution in [0.3, 0.4) is 0 Å². The number of fused-ring (bicyclic) bond motifs is 8. The van der Waals surface area contributed by atoms with Gasteiger partial charge in [-0.2, -0.15) is 0 Å². The van der Waals surface area contributed by atoms with Crippen molar-refractivity contribution in [2.24, 2.45) is 0 Å². The summed E-state index contributed by atoms with van der Waals surface area (Å²) in [5.41, 5.74) is 3.91. The molecule has 0 amide bonds. The average molecular weight is 1120 g/mol. The lowest BCUT2D eigenvalue weighted by Gasteiger charge is -2.15. The Morgan fingerprint density at radius 1 is 0.218 bits per heavy atom. The molecule has 0 atom stereocenters. The molecule has 6 aromatic rings. The second-order valence-electron chi connectivity index (χ2n) is 17.6. The van der Waals surface area contributed by atoms with E-state index in [1.165, 1.54) is 0 Å². The third kappa shape index (κ3) is 22.4. The highest BCUT2D eigenvalue weighted by Gasteiger charge is 2.12. The fraction of sp³-hybridized carbons (Fsp3) is 0.467. The van der Waals surface area contributed by atoms with Crippen LogP contribution in [0.5, 0.6) is 23.0 Å². The first-order valence-corrected chi connectivity index (χ1v) is 27.6. The van der Waals surface area contributed by atoms with Crippen molar-refractivity contribution < 1.29 is 75.8 Å².